The summed E-state index contributed by atoms with van der Waals surface area (Å²) in [4.78, 5) is 24.4. The van der Waals surface area contributed by atoms with Gasteiger partial charge in [-0.1, -0.05) is 105 Å². The molecule has 72 heavy (non-hydrogen) atoms. The number of carboxylic acid groups (broad SMARTS) is 1. The first-order valence-corrected chi connectivity index (χ1v) is 26.6. The number of hydrogen-bond donors (Lipinski definition) is 5. The lowest BCUT2D eigenvalue weighted by Gasteiger charge is -2.47. The van der Waals surface area contributed by atoms with E-state index in [0.29, 0.717) is 42.6 Å². The molecule has 9 nitrogen and oxygen atoms in total. The molecule has 6 N–H and O–H groups in total. The van der Waals surface area contributed by atoms with Gasteiger partial charge in [-0.25, -0.2) is 22.4 Å². The third-order valence-electron chi connectivity index (χ3n) is 16.6. The van der Waals surface area contributed by atoms with E-state index in [9.17, 15) is 42.5 Å². The third-order valence-corrected chi connectivity index (χ3v) is 16.6. The molecule has 2 aromatic carbocycles. The van der Waals surface area contributed by atoms with Crippen LogP contribution in [0, 0.1) is 11.8 Å². The lowest BCUT2D eigenvalue weighted by atomic mass is 9.66. The average Bonchev–Trinajstić information content (AvgIpc) is 3.24. The van der Waals surface area contributed by atoms with E-state index in [1.807, 2.05) is 24.3 Å². The van der Waals surface area contributed by atoms with Gasteiger partial charge in [0.15, 0.2) is 0 Å². The van der Waals surface area contributed by atoms with Crippen molar-refractivity contribution in [3.05, 3.63) is 69.8 Å². The Labute approximate surface area is 433 Å². The minimum Gasteiger partial charge on any atom is -1.00 e. The minimum atomic E-state index is -2.67. The van der Waals surface area contributed by atoms with Crippen LogP contribution in [0.25, 0.3) is 0 Å². The summed E-state index contributed by atoms with van der Waals surface area (Å²) >= 11 is 0. The fourth-order valence-corrected chi connectivity index (χ4v) is 12.0. The van der Waals surface area contributed by atoms with Crippen molar-refractivity contribution in [2.45, 2.75) is 243 Å². The zero-order valence-electron chi connectivity index (χ0n) is 44.6. The molecule has 0 unspecified atom stereocenters. The van der Waals surface area contributed by atoms with Gasteiger partial charge in [0.2, 0.25) is 5.91 Å². The van der Waals surface area contributed by atoms with Crippen molar-refractivity contribution in [1.29, 1.82) is 0 Å². The van der Waals surface area contributed by atoms with E-state index in [-0.39, 0.29) is 96.0 Å². The average molecular weight is 1030 g/mol. The quantitative estimate of drug-likeness (QED) is 0.0874. The van der Waals surface area contributed by atoms with E-state index in [1.165, 1.54) is 44.9 Å². The number of rotatable bonds is 15. The largest absolute Gasteiger partial charge is 1.00 e. The molecule has 0 spiro atoms. The number of amides is 1. The summed E-state index contributed by atoms with van der Waals surface area (Å²) in [6, 6.07) is 7.23. The van der Waals surface area contributed by atoms with E-state index < -0.39 is 35.1 Å². The molecule has 2 aromatic rings. The Morgan fingerprint density at radius 2 is 1.07 bits per heavy atom. The molecule has 2 heterocycles. The molecule has 6 aliphatic rings. The molecule has 404 valence electrons. The predicted octanol–water partition coefficient (Wildman–Crippen LogP) is 11.2. The molecule has 4 aliphatic carbocycles. The number of nitrogens with two attached hydrogens (primary N) is 1. The maximum atomic E-state index is 13.2. The van der Waals surface area contributed by atoms with E-state index >= 15 is 0 Å². The van der Waals surface area contributed by atoms with E-state index in [2.05, 4.69) is 86.7 Å². The van der Waals surface area contributed by atoms with E-state index in [1.54, 1.807) is 0 Å². The number of unbranched alkanes of at least 4 members (excludes halogenated alkanes) is 6. The smallest absolute Gasteiger partial charge is 0.331 e. The van der Waals surface area contributed by atoms with Crippen LogP contribution in [0.3, 0.4) is 0 Å². The van der Waals surface area contributed by atoms with Gasteiger partial charge in [0, 0.05) is 83.7 Å². The molecule has 2 saturated carbocycles. The Bertz CT molecular complexity index is 2290. The highest BCUT2D eigenvalue weighted by Crippen LogP contribution is 2.57. The molecule has 8 rings (SSSR count). The highest BCUT2D eigenvalue weighted by Gasteiger charge is 2.50. The monoisotopic (exact) mass is 1030 g/mol. The van der Waals surface area contributed by atoms with Gasteiger partial charge in [0.1, 0.15) is 34.2 Å². The fraction of sp³-hybridized carbons (Fsp3) is 0.690. The first-order valence-electron chi connectivity index (χ1n) is 26.6. The fourth-order valence-electron chi connectivity index (χ4n) is 12.0. The van der Waals surface area contributed by atoms with Crippen LogP contribution in [0.5, 0.6) is 23.0 Å². The first kappa shape index (κ1) is 58.9. The number of fused-ring (bicyclic) bond motifs is 6. The molecule has 0 bridgehead atoms. The molecule has 0 radical (unpaired) electrons. The second kappa shape index (κ2) is 22.9. The SMILES string of the molecule is CCCCCCC(C)(C)c1cc(O)c2c(c1)OC(C)(C)[C@@H]1CC=C(C(=O)NC3CC(F)(F)C3)C[C@@H]21.CCCCCCC(C)(C)c1cc(O)c2c(c1)OC(C)(C)[C@@H]1CC=C(C(=O)O)C[C@@H]21.NC1CC(F)(F)C1.[Cl-]. The Morgan fingerprint density at radius 1 is 0.667 bits per heavy atom. The van der Waals surface area contributed by atoms with Gasteiger partial charge in [-0.05, 0) is 112 Å². The molecule has 2 fully saturated rings. The van der Waals surface area contributed by atoms with Crippen LogP contribution in [-0.2, 0) is 20.4 Å². The van der Waals surface area contributed by atoms with Gasteiger partial charge in [0.05, 0.1) is 0 Å². The van der Waals surface area contributed by atoms with Crippen molar-refractivity contribution in [3.8, 4) is 23.0 Å². The molecule has 2 aliphatic heterocycles. The normalized spacial score (nSPS) is 24.2. The van der Waals surface area contributed by atoms with Crippen molar-refractivity contribution in [3.63, 3.8) is 0 Å². The van der Waals surface area contributed by atoms with Crippen molar-refractivity contribution < 1.29 is 64.4 Å². The zero-order valence-corrected chi connectivity index (χ0v) is 45.4. The van der Waals surface area contributed by atoms with Crippen molar-refractivity contribution in [1.82, 2.24) is 5.32 Å². The number of carboxylic acids is 1. The van der Waals surface area contributed by atoms with Gasteiger partial charge in [-0.3, -0.25) is 4.79 Å². The van der Waals surface area contributed by atoms with Gasteiger partial charge >= 0.3 is 5.97 Å². The molecule has 14 heteroatoms. The summed E-state index contributed by atoms with van der Waals surface area (Å²) < 4.78 is 62.7. The number of phenolic OH excluding ortho intramolecular Hbond substituents is 2. The zero-order chi connectivity index (χ0) is 52.5. The Hall–Kier alpha value is -3.97. The molecule has 0 aromatic heterocycles. The number of hydrogen-bond acceptors (Lipinski definition) is 7. The number of alkyl halides is 4. The summed E-state index contributed by atoms with van der Waals surface area (Å²) in [7, 11) is 0. The molecule has 4 atom stereocenters. The predicted molar refractivity (Wildman–Crippen MR) is 272 cm³/mol. The summed E-state index contributed by atoms with van der Waals surface area (Å²) in [6.45, 7) is 21.6. The van der Waals surface area contributed by atoms with Crippen LogP contribution < -0.4 is 32.9 Å². The van der Waals surface area contributed by atoms with Crippen LogP contribution in [0.2, 0.25) is 0 Å². The highest BCUT2D eigenvalue weighted by molar-refractivity contribution is 5.94. The second-order valence-corrected chi connectivity index (χ2v) is 24.1. The summed E-state index contributed by atoms with van der Waals surface area (Å²) in [5.41, 5.74) is 8.83. The number of benzene rings is 2. The molecular weight excluding hydrogens is 948 g/mol. The van der Waals surface area contributed by atoms with Crippen LogP contribution in [0.1, 0.15) is 219 Å². The van der Waals surface area contributed by atoms with E-state index in [4.69, 9.17) is 15.2 Å². The summed E-state index contributed by atoms with van der Waals surface area (Å²) in [6.07, 6.45) is 16.9. The number of nitrogens with one attached hydrogen (secondary N) is 1. The number of halogens is 5. The number of ether oxygens (including phenoxy) is 2. The van der Waals surface area contributed by atoms with Crippen LogP contribution in [0.4, 0.5) is 17.6 Å². The second-order valence-electron chi connectivity index (χ2n) is 24.1. The number of carbonyl (C=O) groups is 2. The minimum absolute atomic E-state index is 0. The van der Waals surface area contributed by atoms with Gasteiger partial charge in [0.25, 0.3) is 11.8 Å². The number of allylic oxidation sites excluding steroid dienone is 2. The number of carbonyl (C=O) groups excluding carboxylic acids is 1. The third kappa shape index (κ3) is 13.8. The lowest BCUT2D eigenvalue weighted by molar-refractivity contribution is -0.133. The van der Waals surface area contributed by atoms with Crippen molar-refractivity contribution in [2.24, 2.45) is 17.6 Å². The Balaban J connectivity index is 0.000000235. The van der Waals surface area contributed by atoms with Crippen molar-refractivity contribution in [2.75, 3.05) is 0 Å². The van der Waals surface area contributed by atoms with Crippen molar-refractivity contribution >= 4 is 11.9 Å². The summed E-state index contributed by atoms with van der Waals surface area (Å²) in [5.74, 6) is -4.17. The number of phenols is 2. The van der Waals surface area contributed by atoms with Crippen LogP contribution in [-0.4, -0.2) is 62.3 Å². The number of aliphatic carboxylic acids is 1. The number of aromatic hydroxyl groups is 2. The lowest BCUT2D eigenvalue weighted by Crippen LogP contribution is -3.00. The molecule has 0 saturated heterocycles. The van der Waals surface area contributed by atoms with Crippen LogP contribution >= 0.6 is 0 Å². The topological polar surface area (TPSA) is 151 Å². The molecule has 1 amide bonds. The molecular formula is C58H84ClF4N2O7-. The van der Waals surface area contributed by atoms with E-state index in [0.717, 1.165) is 47.3 Å². The highest BCUT2D eigenvalue weighted by atomic mass is 35.5. The standard InChI is InChI=1S/C29H41F2NO3.C25H36O4.C4H7F2N.ClH/c1-6-7-8-9-12-27(2,3)19-14-23(33)25-21-13-18(26(34)32-20-16-29(30,31)17-20)10-11-22(21)28(4,5)35-24(25)15-19;1-6-7-8-9-12-24(2,3)17-14-20(26)22-18-13-16(23(27)28)10-11-19(18)25(4,5)29-21(22)15-17;5-4(6)1-3(7)2-4;/h10,14-15,20-22,33H,6-9,11-13,16-17H2,1-5H3,(H,32,34);10,14-15,18-19,26H,6-9,11-13H2,1-5H3,(H,27,28);3H,1-2,7H2;1H/p-1/t21-,22-;18-,19-;;/m11../s1. The van der Waals surface area contributed by atoms with Gasteiger partial charge in [-0.15, -0.1) is 0 Å². The Kier molecular flexibility index (Phi) is 18.7. The van der Waals surface area contributed by atoms with Crippen LogP contribution in [0.15, 0.2) is 47.6 Å². The first-order chi connectivity index (χ1) is 33.0. The summed E-state index contributed by atoms with van der Waals surface area (Å²) in [5, 5.41) is 34.5. The maximum absolute atomic E-state index is 13.2. The Morgan fingerprint density at radius 3 is 1.43 bits per heavy atom. The van der Waals surface area contributed by atoms with Gasteiger partial charge < -0.3 is 48.3 Å². The maximum Gasteiger partial charge on any atom is 0.331 e. The van der Waals surface area contributed by atoms with Gasteiger partial charge in [-0.2, -0.15) is 0 Å².